The summed E-state index contributed by atoms with van der Waals surface area (Å²) in [5.41, 5.74) is -1.54. The third-order valence-corrected chi connectivity index (χ3v) is 10.2. The number of carbonyl (C=O) groups excluding carboxylic acids is 3. The molecule has 3 aromatic rings. The van der Waals surface area contributed by atoms with Gasteiger partial charge in [0.1, 0.15) is 42.0 Å². The van der Waals surface area contributed by atoms with E-state index in [2.05, 4.69) is 4.98 Å². The molecule has 0 radical (unpaired) electrons. The fraction of sp³-hybridized carbons (Fsp3) is 0.457. The van der Waals surface area contributed by atoms with Crippen LogP contribution in [-0.2, 0) is 23.8 Å². The van der Waals surface area contributed by atoms with E-state index in [9.17, 15) is 24.3 Å². The van der Waals surface area contributed by atoms with Crippen molar-refractivity contribution in [2.24, 2.45) is 22.7 Å². The lowest BCUT2D eigenvalue weighted by molar-refractivity contribution is -0.239. The van der Waals surface area contributed by atoms with Crippen LogP contribution in [0.5, 0.6) is 5.75 Å². The Morgan fingerprint density at radius 3 is 2.48 bits per heavy atom. The van der Waals surface area contributed by atoms with E-state index in [1.54, 1.807) is 60.9 Å². The SMILES string of the molecule is CC(=O)OC[C@@]1(C)[C@@H]2C[C@H](OC(=O)c3ccccc3)C3Oc4cc(-c5cccnc5)oc(=O)c4[C@H](O)[C@@H]3[C@@]2(C)CC[C@@H]1OC(C)=O. The molecule has 0 amide bonds. The topological polar surface area (TPSA) is 151 Å². The predicted molar refractivity (Wildman–Crippen MR) is 162 cm³/mol. The smallest absolute Gasteiger partial charge is 0.345 e. The number of rotatable bonds is 6. The first-order valence-corrected chi connectivity index (χ1v) is 15.4. The average Bonchev–Trinajstić information content (AvgIpc) is 3.03. The monoisotopic (exact) mass is 631 g/mol. The molecule has 8 atom stereocenters. The van der Waals surface area contributed by atoms with Crippen LogP contribution < -0.4 is 10.4 Å². The van der Waals surface area contributed by atoms with Crippen LogP contribution in [0.2, 0.25) is 0 Å². The van der Waals surface area contributed by atoms with Gasteiger partial charge in [0, 0.05) is 49.2 Å². The Bertz CT molecular complexity index is 1690. The molecule has 1 aromatic carbocycles. The molecular weight excluding hydrogens is 594 g/mol. The highest BCUT2D eigenvalue weighted by Gasteiger charge is 2.67. The molecule has 1 unspecified atom stereocenters. The van der Waals surface area contributed by atoms with E-state index in [0.29, 0.717) is 24.0 Å². The first-order valence-electron chi connectivity index (χ1n) is 15.4. The number of hydrogen-bond donors (Lipinski definition) is 1. The van der Waals surface area contributed by atoms with Gasteiger partial charge in [0.2, 0.25) is 0 Å². The van der Waals surface area contributed by atoms with Gasteiger partial charge < -0.3 is 28.5 Å². The lowest BCUT2D eigenvalue weighted by Gasteiger charge is -2.63. The lowest BCUT2D eigenvalue weighted by Crippen LogP contribution is -2.67. The van der Waals surface area contributed by atoms with Crippen molar-refractivity contribution in [3.05, 3.63) is 82.5 Å². The summed E-state index contributed by atoms with van der Waals surface area (Å²) in [6, 6.07) is 13.5. The minimum atomic E-state index is -1.35. The Kier molecular flexibility index (Phi) is 8.22. The average molecular weight is 632 g/mol. The second-order valence-electron chi connectivity index (χ2n) is 13.0. The number of esters is 3. The van der Waals surface area contributed by atoms with Gasteiger partial charge in [-0.1, -0.05) is 32.0 Å². The highest BCUT2D eigenvalue weighted by Crippen LogP contribution is 2.65. The van der Waals surface area contributed by atoms with Gasteiger partial charge >= 0.3 is 23.5 Å². The first kappa shape index (κ1) is 31.5. The van der Waals surface area contributed by atoms with Gasteiger partial charge in [-0.05, 0) is 54.9 Å². The van der Waals surface area contributed by atoms with Gasteiger partial charge in [-0.3, -0.25) is 14.6 Å². The summed E-state index contributed by atoms with van der Waals surface area (Å²) >= 11 is 0. The van der Waals surface area contributed by atoms with Crippen molar-refractivity contribution in [2.75, 3.05) is 6.61 Å². The summed E-state index contributed by atoms with van der Waals surface area (Å²) in [5.74, 6) is -2.33. The molecule has 2 aliphatic carbocycles. The Labute approximate surface area is 265 Å². The largest absolute Gasteiger partial charge is 0.485 e. The maximum absolute atomic E-state index is 13.5. The molecule has 6 rings (SSSR count). The Balaban J connectivity index is 1.47. The van der Waals surface area contributed by atoms with Gasteiger partial charge in [0.25, 0.3) is 0 Å². The molecule has 3 aliphatic rings. The van der Waals surface area contributed by atoms with Crippen LogP contribution in [0.25, 0.3) is 11.3 Å². The van der Waals surface area contributed by atoms with Crippen LogP contribution >= 0.6 is 0 Å². The van der Waals surface area contributed by atoms with E-state index < -0.39 is 70.6 Å². The van der Waals surface area contributed by atoms with Gasteiger partial charge in [0.15, 0.2) is 0 Å². The Hall–Kier alpha value is -4.51. The van der Waals surface area contributed by atoms with E-state index in [4.69, 9.17) is 23.4 Å². The zero-order chi connectivity index (χ0) is 32.8. The zero-order valence-electron chi connectivity index (χ0n) is 26.1. The van der Waals surface area contributed by atoms with Crippen molar-refractivity contribution in [3.8, 4) is 17.1 Å². The highest BCUT2D eigenvalue weighted by molar-refractivity contribution is 5.89. The summed E-state index contributed by atoms with van der Waals surface area (Å²) in [4.78, 5) is 55.3. The number of aromatic nitrogens is 1. The lowest BCUT2D eigenvalue weighted by atomic mass is 9.45. The van der Waals surface area contributed by atoms with E-state index in [1.807, 2.05) is 13.8 Å². The van der Waals surface area contributed by atoms with Crippen molar-refractivity contribution in [3.63, 3.8) is 0 Å². The molecular formula is C35H37NO10. The maximum Gasteiger partial charge on any atom is 0.345 e. The second-order valence-corrected chi connectivity index (χ2v) is 13.0. The van der Waals surface area contributed by atoms with Crippen LogP contribution in [0.3, 0.4) is 0 Å². The minimum Gasteiger partial charge on any atom is -0.485 e. The Morgan fingerprint density at radius 1 is 1.04 bits per heavy atom. The van der Waals surface area contributed by atoms with Gasteiger partial charge in [-0.25, -0.2) is 9.59 Å². The normalized spacial score (nSPS) is 31.2. The van der Waals surface area contributed by atoms with Crippen molar-refractivity contribution < 1.29 is 42.9 Å². The molecule has 1 aliphatic heterocycles. The van der Waals surface area contributed by atoms with Crippen LogP contribution in [0.15, 0.2) is 70.1 Å². The molecule has 2 saturated carbocycles. The maximum atomic E-state index is 13.5. The zero-order valence-corrected chi connectivity index (χ0v) is 26.1. The molecule has 0 spiro atoms. The predicted octanol–water partition coefficient (Wildman–Crippen LogP) is 4.66. The van der Waals surface area contributed by atoms with Crippen LogP contribution in [0.4, 0.5) is 0 Å². The number of fused-ring (bicyclic) bond motifs is 4. The Morgan fingerprint density at radius 2 is 1.80 bits per heavy atom. The minimum absolute atomic E-state index is 0.0206. The molecule has 1 N–H and O–H groups in total. The van der Waals surface area contributed by atoms with Gasteiger partial charge in [-0.2, -0.15) is 0 Å². The van der Waals surface area contributed by atoms with Crippen molar-refractivity contribution in [1.29, 1.82) is 0 Å². The van der Waals surface area contributed by atoms with E-state index in [0.717, 1.165) is 0 Å². The van der Waals surface area contributed by atoms with Gasteiger partial charge in [0.05, 0.1) is 11.7 Å². The molecule has 11 nitrogen and oxygen atoms in total. The summed E-state index contributed by atoms with van der Waals surface area (Å²) in [6.45, 7) is 6.46. The molecule has 0 saturated heterocycles. The quantitative estimate of drug-likeness (QED) is 0.299. The first-order chi connectivity index (χ1) is 21.9. The van der Waals surface area contributed by atoms with Crippen LogP contribution in [0.1, 0.15) is 69.0 Å². The number of carbonyl (C=O) groups is 3. The number of benzene rings is 1. The summed E-state index contributed by atoms with van der Waals surface area (Å²) in [5, 5.41) is 12.1. The van der Waals surface area contributed by atoms with Gasteiger partial charge in [-0.15, -0.1) is 0 Å². The summed E-state index contributed by atoms with van der Waals surface area (Å²) in [6.07, 6.45) is 0.605. The van der Waals surface area contributed by atoms with Crippen LogP contribution in [-0.4, -0.2) is 52.9 Å². The van der Waals surface area contributed by atoms with E-state index in [1.165, 1.54) is 13.8 Å². The number of aliphatic hydroxyl groups is 1. The molecule has 2 aromatic heterocycles. The molecule has 46 heavy (non-hydrogen) atoms. The molecule has 11 heteroatoms. The number of pyridine rings is 1. The number of hydrogen-bond acceptors (Lipinski definition) is 11. The fourth-order valence-electron chi connectivity index (χ4n) is 8.09. The third-order valence-electron chi connectivity index (χ3n) is 10.2. The summed E-state index contributed by atoms with van der Waals surface area (Å²) in [7, 11) is 0. The number of ether oxygens (including phenoxy) is 4. The van der Waals surface area contributed by atoms with Crippen molar-refractivity contribution in [2.45, 2.75) is 71.4 Å². The standard InChI is InChI=1S/C35H37NO10/c1-19(37)42-18-35(4)26-16-25(46-32(40)21-9-6-5-7-10-21)31-29(34(26,3)13-12-27(35)43-20(2)38)30(39)28-24(44-31)15-23(45-33(28)41)22-11-8-14-36-17-22/h5-11,14-15,17,25-27,29-31,39H,12-13,16,18H2,1-4H3/t25-,26+,27-,29-,30-,31?,34-,35-/m0/s1. The van der Waals surface area contributed by atoms with Crippen molar-refractivity contribution >= 4 is 17.9 Å². The fourth-order valence-corrected chi connectivity index (χ4v) is 8.09. The van der Waals surface area contributed by atoms with E-state index >= 15 is 0 Å². The molecule has 242 valence electrons. The second kappa shape index (κ2) is 12.0. The van der Waals surface area contributed by atoms with Crippen molar-refractivity contribution in [1.82, 2.24) is 4.98 Å². The number of nitrogens with zero attached hydrogens (tertiary/aromatic N) is 1. The molecule has 3 heterocycles. The van der Waals surface area contributed by atoms with E-state index in [-0.39, 0.29) is 30.1 Å². The highest BCUT2D eigenvalue weighted by atomic mass is 16.6. The summed E-state index contributed by atoms with van der Waals surface area (Å²) < 4.78 is 29.8. The van der Waals surface area contributed by atoms with Crippen LogP contribution in [0, 0.1) is 22.7 Å². The molecule has 0 bridgehead atoms. The third kappa shape index (κ3) is 5.46. The number of aliphatic hydroxyl groups excluding tert-OH is 1. The molecule has 2 fully saturated rings.